The molecule has 1 saturated carbocycles. The quantitative estimate of drug-likeness (QED) is 0.631. The van der Waals surface area contributed by atoms with E-state index in [1.807, 2.05) is 23.1 Å². The van der Waals surface area contributed by atoms with Crippen LogP contribution in [-0.4, -0.2) is 23.9 Å². The maximum atomic E-state index is 12.5. The minimum absolute atomic E-state index is 0.190. The molecule has 0 bridgehead atoms. The number of rotatable bonds is 1. The zero-order chi connectivity index (χ0) is 12.7. The van der Waals surface area contributed by atoms with Crippen molar-refractivity contribution in [3.8, 4) is 0 Å². The highest BCUT2D eigenvalue weighted by molar-refractivity contribution is 14.1. The number of fused-ring (bicyclic) bond motifs is 1. The molecule has 96 valence electrons. The Morgan fingerprint density at radius 2 is 1.94 bits per heavy atom. The number of hydrogen-bond donors (Lipinski definition) is 0. The zero-order valence-corrected chi connectivity index (χ0v) is 13.8. The van der Waals surface area contributed by atoms with Gasteiger partial charge in [0, 0.05) is 21.1 Å². The molecule has 0 spiro atoms. The second kappa shape index (κ2) is 5.12. The molecular weight excluding hydrogens is 405 g/mol. The number of amides is 1. The Morgan fingerprint density at radius 3 is 2.61 bits per heavy atom. The topological polar surface area (TPSA) is 20.3 Å². The van der Waals surface area contributed by atoms with E-state index in [0.29, 0.717) is 0 Å². The van der Waals surface area contributed by atoms with E-state index in [4.69, 9.17) is 0 Å². The molecule has 1 aliphatic carbocycles. The molecule has 0 N–H and O–H groups in total. The molecule has 1 saturated heterocycles. The van der Waals surface area contributed by atoms with Crippen LogP contribution in [0, 0.1) is 15.4 Å². The zero-order valence-electron chi connectivity index (χ0n) is 10.0. The molecule has 1 amide bonds. The Labute approximate surface area is 129 Å². The summed E-state index contributed by atoms with van der Waals surface area (Å²) in [6.07, 6.45) is 3.97. The van der Waals surface area contributed by atoms with Crippen LogP contribution < -0.4 is 0 Å². The van der Waals surface area contributed by atoms with Gasteiger partial charge in [-0.05, 0) is 81.4 Å². The van der Waals surface area contributed by atoms with Gasteiger partial charge in [-0.1, -0.05) is 6.42 Å². The fourth-order valence-corrected chi connectivity index (χ4v) is 4.14. The van der Waals surface area contributed by atoms with E-state index < -0.39 is 0 Å². The second-order valence-corrected chi connectivity index (χ2v) is 7.39. The van der Waals surface area contributed by atoms with Crippen LogP contribution in [0.5, 0.6) is 0 Å². The van der Waals surface area contributed by atoms with Crippen LogP contribution in [-0.2, 0) is 0 Å². The smallest absolute Gasteiger partial charge is 0.255 e. The summed E-state index contributed by atoms with van der Waals surface area (Å²) in [4.78, 5) is 14.6. The van der Waals surface area contributed by atoms with Crippen molar-refractivity contribution >= 4 is 44.4 Å². The van der Waals surface area contributed by atoms with Gasteiger partial charge in [0.1, 0.15) is 0 Å². The number of nitrogens with zero attached hydrogens (tertiary/aromatic N) is 1. The summed E-state index contributed by atoms with van der Waals surface area (Å²) in [6, 6.07) is 5.95. The lowest BCUT2D eigenvalue weighted by Gasteiger charge is -2.18. The van der Waals surface area contributed by atoms with Crippen molar-refractivity contribution < 1.29 is 4.79 Å². The van der Waals surface area contributed by atoms with E-state index >= 15 is 0 Å². The molecule has 1 aromatic rings. The third kappa shape index (κ3) is 2.33. The molecule has 1 aliphatic heterocycles. The predicted octanol–water partition coefficient (Wildman–Crippen LogP) is 3.93. The number of hydrogen-bond acceptors (Lipinski definition) is 1. The molecule has 2 atom stereocenters. The maximum Gasteiger partial charge on any atom is 0.255 e. The molecule has 0 radical (unpaired) electrons. The van der Waals surface area contributed by atoms with Gasteiger partial charge in [-0.25, -0.2) is 0 Å². The summed E-state index contributed by atoms with van der Waals surface area (Å²) >= 11 is 5.74. The van der Waals surface area contributed by atoms with E-state index in [1.54, 1.807) is 0 Å². The SMILES string of the molecule is O=C(c1cc(I)ccc1Br)N1CC2CCCC2C1. The van der Waals surface area contributed by atoms with Crippen molar-refractivity contribution in [1.29, 1.82) is 0 Å². The van der Waals surface area contributed by atoms with Crippen LogP contribution in [0.25, 0.3) is 0 Å². The van der Waals surface area contributed by atoms with E-state index in [1.165, 1.54) is 19.3 Å². The number of carbonyl (C=O) groups excluding carboxylic acids is 1. The maximum absolute atomic E-state index is 12.5. The van der Waals surface area contributed by atoms with E-state index in [9.17, 15) is 4.79 Å². The second-order valence-electron chi connectivity index (χ2n) is 5.29. The average Bonchev–Trinajstić information content (AvgIpc) is 2.91. The first-order valence-electron chi connectivity index (χ1n) is 6.39. The normalized spacial score (nSPS) is 26.4. The van der Waals surface area contributed by atoms with Crippen molar-refractivity contribution in [2.24, 2.45) is 11.8 Å². The molecule has 2 aliphatic rings. The monoisotopic (exact) mass is 419 g/mol. The number of halogens is 2. The lowest BCUT2D eigenvalue weighted by atomic mass is 10.0. The summed E-state index contributed by atoms with van der Waals surface area (Å²) in [5, 5.41) is 0. The van der Waals surface area contributed by atoms with Gasteiger partial charge in [-0.15, -0.1) is 0 Å². The Morgan fingerprint density at radius 1 is 1.28 bits per heavy atom. The number of benzene rings is 1. The summed E-state index contributed by atoms with van der Waals surface area (Å²) in [5.74, 6) is 1.71. The van der Waals surface area contributed by atoms with Crippen molar-refractivity contribution in [3.63, 3.8) is 0 Å². The summed E-state index contributed by atoms with van der Waals surface area (Å²) in [7, 11) is 0. The van der Waals surface area contributed by atoms with Gasteiger partial charge in [0.05, 0.1) is 5.56 Å². The third-order valence-corrected chi connectivity index (χ3v) is 5.53. The highest BCUT2D eigenvalue weighted by atomic mass is 127. The molecule has 2 nitrogen and oxygen atoms in total. The molecule has 2 fully saturated rings. The minimum atomic E-state index is 0.190. The lowest BCUT2D eigenvalue weighted by molar-refractivity contribution is 0.0779. The Balaban J connectivity index is 1.81. The predicted molar refractivity (Wildman–Crippen MR) is 83.6 cm³/mol. The number of carbonyl (C=O) groups is 1. The van der Waals surface area contributed by atoms with Gasteiger partial charge in [0.15, 0.2) is 0 Å². The standard InChI is InChI=1S/C14H15BrINO/c15-13-5-4-11(16)6-12(13)14(18)17-7-9-2-1-3-10(9)8-17/h4-6,9-10H,1-3,7-8H2. The molecule has 4 heteroatoms. The minimum Gasteiger partial charge on any atom is -0.338 e. The fourth-order valence-electron chi connectivity index (χ4n) is 3.23. The van der Waals surface area contributed by atoms with E-state index in [0.717, 1.165) is 38.5 Å². The largest absolute Gasteiger partial charge is 0.338 e. The van der Waals surface area contributed by atoms with Gasteiger partial charge < -0.3 is 4.90 Å². The highest BCUT2D eigenvalue weighted by Crippen LogP contribution is 2.38. The van der Waals surface area contributed by atoms with Gasteiger partial charge >= 0.3 is 0 Å². The first kappa shape index (κ1) is 12.9. The lowest BCUT2D eigenvalue weighted by Crippen LogP contribution is -2.29. The Hall–Kier alpha value is -0.100. The Bertz CT molecular complexity index is 479. The average molecular weight is 420 g/mol. The first-order valence-corrected chi connectivity index (χ1v) is 8.26. The fraction of sp³-hybridized carbons (Fsp3) is 0.500. The van der Waals surface area contributed by atoms with Gasteiger partial charge in [-0.2, -0.15) is 0 Å². The molecule has 1 aromatic carbocycles. The molecule has 1 heterocycles. The van der Waals surface area contributed by atoms with Gasteiger partial charge in [0.25, 0.3) is 5.91 Å². The Kier molecular flexibility index (Phi) is 3.67. The van der Waals surface area contributed by atoms with Crippen LogP contribution in [0.4, 0.5) is 0 Å². The molecule has 0 aromatic heterocycles. The van der Waals surface area contributed by atoms with Crippen molar-refractivity contribution in [2.45, 2.75) is 19.3 Å². The van der Waals surface area contributed by atoms with E-state index in [-0.39, 0.29) is 5.91 Å². The van der Waals surface area contributed by atoms with Gasteiger partial charge in [-0.3, -0.25) is 4.79 Å². The highest BCUT2D eigenvalue weighted by Gasteiger charge is 2.38. The van der Waals surface area contributed by atoms with Crippen molar-refractivity contribution in [1.82, 2.24) is 4.90 Å². The van der Waals surface area contributed by atoms with Gasteiger partial charge in [0.2, 0.25) is 0 Å². The summed E-state index contributed by atoms with van der Waals surface area (Å²) in [6.45, 7) is 1.92. The summed E-state index contributed by atoms with van der Waals surface area (Å²) < 4.78 is 2.02. The van der Waals surface area contributed by atoms with Crippen LogP contribution >= 0.6 is 38.5 Å². The van der Waals surface area contributed by atoms with Crippen LogP contribution in [0.15, 0.2) is 22.7 Å². The van der Waals surface area contributed by atoms with E-state index in [2.05, 4.69) is 38.5 Å². The molecule has 2 unspecified atom stereocenters. The number of likely N-dealkylation sites (tertiary alicyclic amines) is 1. The summed E-state index contributed by atoms with van der Waals surface area (Å²) in [5.41, 5.74) is 0.807. The molecule has 18 heavy (non-hydrogen) atoms. The first-order chi connectivity index (χ1) is 8.65. The van der Waals surface area contributed by atoms with Crippen LogP contribution in [0.2, 0.25) is 0 Å². The van der Waals surface area contributed by atoms with Crippen molar-refractivity contribution in [2.75, 3.05) is 13.1 Å². The molecular formula is C14H15BrINO. The molecule has 3 rings (SSSR count). The van der Waals surface area contributed by atoms with Crippen LogP contribution in [0.3, 0.4) is 0 Å². The van der Waals surface area contributed by atoms with Crippen molar-refractivity contribution in [3.05, 3.63) is 31.8 Å². The third-order valence-electron chi connectivity index (χ3n) is 4.17. The van der Waals surface area contributed by atoms with Crippen LogP contribution in [0.1, 0.15) is 29.6 Å².